The van der Waals surface area contributed by atoms with Gasteiger partial charge in [0.2, 0.25) is 0 Å². The minimum Gasteiger partial charge on any atom is -0.497 e. The van der Waals surface area contributed by atoms with Crippen LogP contribution in [-0.2, 0) is 27.3 Å². The molecule has 0 radical (unpaired) electrons. The molecule has 3 amide bonds. The summed E-state index contributed by atoms with van der Waals surface area (Å²) >= 11 is 1.49. The molecule has 0 saturated heterocycles. The number of hydrogen-bond donors (Lipinski definition) is 2. The minimum absolute atomic E-state index is 0.0784. The van der Waals surface area contributed by atoms with Crippen LogP contribution in [0.15, 0.2) is 35.7 Å². The first-order valence-electron chi connectivity index (χ1n) is 7.98. The molecule has 0 spiro atoms. The number of carbonyl (C=O) groups is 3. The van der Waals surface area contributed by atoms with Gasteiger partial charge in [0.05, 0.1) is 27.2 Å². The van der Waals surface area contributed by atoms with Crippen molar-refractivity contribution in [3.05, 3.63) is 46.2 Å². The highest BCUT2D eigenvalue weighted by molar-refractivity contribution is 7.09. The first kappa shape index (κ1) is 20.2. The zero-order valence-electron chi connectivity index (χ0n) is 14.9. The number of hydrogen-bond acceptors (Lipinski definition) is 7. The van der Waals surface area contributed by atoms with Gasteiger partial charge in [-0.1, -0.05) is 12.1 Å². The van der Waals surface area contributed by atoms with Crippen LogP contribution >= 0.6 is 11.3 Å². The summed E-state index contributed by atoms with van der Waals surface area (Å²) in [5, 5.41) is 6.52. The van der Waals surface area contributed by atoms with Crippen LogP contribution in [0.5, 0.6) is 11.5 Å². The SMILES string of the molecule is COc1ccc(CC(=O)OCC(=O)NC(=O)NCc2cccs2)c(OC)c1. The van der Waals surface area contributed by atoms with Gasteiger partial charge in [-0.15, -0.1) is 11.3 Å². The highest BCUT2D eigenvalue weighted by Crippen LogP contribution is 2.25. The molecule has 9 heteroatoms. The molecule has 2 aromatic rings. The summed E-state index contributed by atoms with van der Waals surface area (Å²) in [7, 11) is 3.00. The maximum atomic E-state index is 11.9. The van der Waals surface area contributed by atoms with Crippen molar-refractivity contribution in [2.45, 2.75) is 13.0 Å². The van der Waals surface area contributed by atoms with Gasteiger partial charge in [0.15, 0.2) is 6.61 Å². The zero-order valence-corrected chi connectivity index (χ0v) is 15.8. The van der Waals surface area contributed by atoms with Crippen molar-refractivity contribution in [3.63, 3.8) is 0 Å². The zero-order chi connectivity index (χ0) is 19.6. The lowest BCUT2D eigenvalue weighted by atomic mass is 10.1. The Labute approximate surface area is 160 Å². The maximum Gasteiger partial charge on any atom is 0.321 e. The van der Waals surface area contributed by atoms with Crippen molar-refractivity contribution in [2.24, 2.45) is 0 Å². The molecular weight excluding hydrogens is 372 g/mol. The third-order valence-electron chi connectivity index (χ3n) is 3.45. The number of carbonyl (C=O) groups excluding carboxylic acids is 3. The molecule has 0 bridgehead atoms. The van der Waals surface area contributed by atoms with Crippen LogP contribution in [0.4, 0.5) is 4.79 Å². The second kappa shape index (κ2) is 10.2. The number of thiophene rings is 1. The van der Waals surface area contributed by atoms with Gasteiger partial charge in [0.1, 0.15) is 11.5 Å². The minimum atomic E-state index is -0.714. The molecule has 2 N–H and O–H groups in total. The molecule has 0 aliphatic rings. The molecule has 1 heterocycles. The molecule has 1 aromatic heterocycles. The van der Waals surface area contributed by atoms with Crippen molar-refractivity contribution < 1.29 is 28.6 Å². The Hall–Kier alpha value is -3.07. The Morgan fingerprint density at radius 3 is 2.59 bits per heavy atom. The Balaban J connectivity index is 1.74. The average Bonchev–Trinajstić information content (AvgIpc) is 3.18. The number of amides is 3. The van der Waals surface area contributed by atoms with Crippen LogP contribution < -0.4 is 20.1 Å². The number of ether oxygens (including phenoxy) is 3. The van der Waals surface area contributed by atoms with E-state index in [1.165, 1.54) is 25.6 Å². The molecule has 2 rings (SSSR count). The number of esters is 1. The quantitative estimate of drug-likeness (QED) is 0.665. The first-order chi connectivity index (χ1) is 13.0. The summed E-state index contributed by atoms with van der Waals surface area (Å²) in [4.78, 5) is 36.2. The molecule has 1 aromatic carbocycles. The number of methoxy groups -OCH3 is 2. The summed E-state index contributed by atoms with van der Waals surface area (Å²) in [6, 6.07) is 8.09. The second-order valence-corrected chi connectivity index (χ2v) is 6.36. The van der Waals surface area contributed by atoms with Crippen LogP contribution in [0.1, 0.15) is 10.4 Å². The van der Waals surface area contributed by atoms with Gasteiger partial charge < -0.3 is 19.5 Å². The molecule has 27 heavy (non-hydrogen) atoms. The number of rotatable bonds is 8. The predicted octanol–water partition coefficient (Wildman–Crippen LogP) is 1.88. The molecule has 0 unspecified atom stereocenters. The standard InChI is InChI=1S/C18H20N2O6S/c1-24-13-6-5-12(15(9-13)25-2)8-17(22)26-11-16(21)20-18(23)19-10-14-4-3-7-27-14/h3-7,9H,8,10-11H2,1-2H3,(H2,19,20,21,23). The fourth-order valence-electron chi connectivity index (χ4n) is 2.14. The molecule has 0 aliphatic heterocycles. The van der Waals surface area contributed by atoms with E-state index in [1.54, 1.807) is 18.2 Å². The van der Waals surface area contributed by atoms with E-state index in [9.17, 15) is 14.4 Å². The van der Waals surface area contributed by atoms with Gasteiger partial charge in [0.25, 0.3) is 5.91 Å². The molecule has 0 atom stereocenters. The summed E-state index contributed by atoms with van der Waals surface area (Å²) in [6.07, 6.45) is -0.0784. The lowest BCUT2D eigenvalue weighted by Crippen LogP contribution is -2.41. The van der Waals surface area contributed by atoms with Gasteiger partial charge in [0, 0.05) is 16.5 Å². The van der Waals surface area contributed by atoms with Crippen LogP contribution in [0.25, 0.3) is 0 Å². The normalized spacial score (nSPS) is 10.0. The van der Waals surface area contributed by atoms with Gasteiger partial charge >= 0.3 is 12.0 Å². The molecule has 0 aliphatic carbocycles. The number of nitrogens with one attached hydrogen (secondary N) is 2. The van der Waals surface area contributed by atoms with E-state index in [4.69, 9.17) is 14.2 Å². The predicted molar refractivity (Wildman–Crippen MR) is 98.9 cm³/mol. The fourth-order valence-corrected chi connectivity index (χ4v) is 2.78. The van der Waals surface area contributed by atoms with E-state index in [0.29, 0.717) is 23.6 Å². The third kappa shape index (κ3) is 6.63. The van der Waals surface area contributed by atoms with E-state index in [1.807, 2.05) is 17.5 Å². The monoisotopic (exact) mass is 392 g/mol. The molecule has 0 fully saturated rings. The second-order valence-electron chi connectivity index (χ2n) is 5.33. The van der Waals surface area contributed by atoms with E-state index in [-0.39, 0.29) is 6.42 Å². The van der Waals surface area contributed by atoms with Crippen molar-refractivity contribution in [1.29, 1.82) is 0 Å². The Morgan fingerprint density at radius 1 is 1.11 bits per heavy atom. The molecular formula is C18H20N2O6S. The topological polar surface area (TPSA) is 103 Å². The Kier molecular flexibility index (Phi) is 7.63. The van der Waals surface area contributed by atoms with Gasteiger partial charge in [-0.25, -0.2) is 4.79 Å². The largest absolute Gasteiger partial charge is 0.497 e. The lowest BCUT2D eigenvalue weighted by molar-refractivity contribution is -0.147. The summed E-state index contributed by atoms with van der Waals surface area (Å²) < 4.78 is 15.2. The lowest BCUT2D eigenvalue weighted by Gasteiger charge is -2.10. The van der Waals surface area contributed by atoms with Crippen molar-refractivity contribution >= 4 is 29.2 Å². The van der Waals surface area contributed by atoms with E-state index in [0.717, 1.165) is 4.88 Å². The van der Waals surface area contributed by atoms with Crippen LogP contribution in [0.3, 0.4) is 0 Å². The average molecular weight is 392 g/mol. The van der Waals surface area contributed by atoms with Gasteiger partial charge in [-0.2, -0.15) is 0 Å². The molecule has 144 valence electrons. The van der Waals surface area contributed by atoms with Gasteiger partial charge in [-0.05, 0) is 17.5 Å². The first-order valence-corrected chi connectivity index (χ1v) is 8.86. The van der Waals surface area contributed by atoms with Crippen molar-refractivity contribution in [2.75, 3.05) is 20.8 Å². The number of imide groups is 1. The van der Waals surface area contributed by atoms with E-state index >= 15 is 0 Å². The third-order valence-corrected chi connectivity index (χ3v) is 4.33. The van der Waals surface area contributed by atoms with Crippen LogP contribution in [-0.4, -0.2) is 38.7 Å². The number of urea groups is 1. The molecule has 0 saturated carbocycles. The van der Waals surface area contributed by atoms with E-state index < -0.39 is 24.5 Å². The summed E-state index contributed by atoms with van der Waals surface area (Å²) in [5.74, 6) is -0.262. The summed E-state index contributed by atoms with van der Waals surface area (Å²) in [5.41, 5.74) is 0.595. The van der Waals surface area contributed by atoms with Crippen LogP contribution in [0.2, 0.25) is 0 Å². The Morgan fingerprint density at radius 2 is 1.93 bits per heavy atom. The molecule has 8 nitrogen and oxygen atoms in total. The maximum absolute atomic E-state index is 11.9. The van der Waals surface area contributed by atoms with Crippen LogP contribution in [0, 0.1) is 0 Å². The highest BCUT2D eigenvalue weighted by atomic mass is 32.1. The fraction of sp³-hybridized carbons (Fsp3) is 0.278. The van der Waals surface area contributed by atoms with E-state index in [2.05, 4.69) is 10.6 Å². The van der Waals surface area contributed by atoms with Crippen molar-refractivity contribution in [3.8, 4) is 11.5 Å². The van der Waals surface area contributed by atoms with Crippen molar-refractivity contribution in [1.82, 2.24) is 10.6 Å². The highest BCUT2D eigenvalue weighted by Gasteiger charge is 2.14. The summed E-state index contributed by atoms with van der Waals surface area (Å²) in [6.45, 7) is -0.239. The Bertz CT molecular complexity index is 791. The van der Waals surface area contributed by atoms with Gasteiger partial charge in [-0.3, -0.25) is 14.9 Å². The number of benzene rings is 1. The smallest absolute Gasteiger partial charge is 0.321 e.